The normalized spacial score (nSPS) is 33.3. The van der Waals surface area contributed by atoms with Gasteiger partial charge in [0.25, 0.3) is 17.7 Å². The lowest BCUT2D eigenvalue weighted by Crippen LogP contribution is -2.48. The van der Waals surface area contributed by atoms with Gasteiger partial charge in [0, 0.05) is 5.02 Å². The highest BCUT2D eigenvalue weighted by Crippen LogP contribution is 2.73. The summed E-state index contributed by atoms with van der Waals surface area (Å²) < 4.78 is 0. The largest absolute Gasteiger partial charge is 0.272 e. The van der Waals surface area contributed by atoms with Crippen LogP contribution in [0.2, 0.25) is 10.0 Å². The van der Waals surface area contributed by atoms with Gasteiger partial charge in [-0.05, 0) is 48.3 Å². The first-order valence-electron chi connectivity index (χ1n) is 8.26. The zero-order valence-electron chi connectivity index (χ0n) is 13.0. The molecule has 1 aromatic rings. The van der Waals surface area contributed by atoms with Crippen LogP contribution in [-0.2, 0) is 9.59 Å². The smallest absolute Gasteiger partial charge is 0.271 e. The van der Waals surface area contributed by atoms with E-state index in [0.29, 0.717) is 5.02 Å². The Morgan fingerprint density at radius 2 is 1.68 bits per heavy atom. The third-order valence-corrected chi connectivity index (χ3v) is 6.79. The van der Waals surface area contributed by atoms with Crippen LogP contribution in [-0.4, -0.2) is 22.7 Å². The molecule has 1 N–H and O–H groups in total. The lowest BCUT2D eigenvalue weighted by Gasteiger charge is -2.22. The Hall–Kier alpha value is -1.85. The Morgan fingerprint density at radius 1 is 1.08 bits per heavy atom. The summed E-state index contributed by atoms with van der Waals surface area (Å²) in [6.45, 7) is 0. The van der Waals surface area contributed by atoms with E-state index in [2.05, 4.69) is 17.6 Å². The average molecular weight is 377 g/mol. The lowest BCUT2D eigenvalue weighted by atomic mass is 9.85. The fourth-order valence-electron chi connectivity index (χ4n) is 5.02. The van der Waals surface area contributed by atoms with Crippen LogP contribution in [0.4, 0.5) is 0 Å². The summed E-state index contributed by atoms with van der Waals surface area (Å²) in [6.07, 6.45) is 6.34. The van der Waals surface area contributed by atoms with E-state index < -0.39 is 5.91 Å². The van der Waals surface area contributed by atoms with Crippen LogP contribution in [0, 0.1) is 29.1 Å². The van der Waals surface area contributed by atoms with Gasteiger partial charge in [-0.1, -0.05) is 35.4 Å². The number of fused-ring (bicyclic) bond motifs is 3. The molecule has 1 spiro atoms. The van der Waals surface area contributed by atoms with Crippen LogP contribution in [0.5, 0.6) is 0 Å². The zero-order chi connectivity index (χ0) is 17.5. The molecular formula is C18H14Cl2N2O3. The van der Waals surface area contributed by atoms with Crippen LogP contribution in [0.15, 0.2) is 30.4 Å². The van der Waals surface area contributed by atoms with Crippen molar-refractivity contribution in [2.45, 2.75) is 12.8 Å². The molecule has 4 aliphatic rings. The number of nitrogens with one attached hydrogen (secondary N) is 1. The maximum absolute atomic E-state index is 12.8. The number of hydrazine groups is 1. The predicted molar refractivity (Wildman–Crippen MR) is 90.5 cm³/mol. The number of imide groups is 1. The first kappa shape index (κ1) is 15.4. The Morgan fingerprint density at radius 3 is 2.20 bits per heavy atom. The summed E-state index contributed by atoms with van der Waals surface area (Å²) >= 11 is 11.9. The van der Waals surface area contributed by atoms with E-state index in [-0.39, 0.29) is 51.5 Å². The first-order valence-corrected chi connectivity index (χ1v) is 9.02. The molecule has 7 heteroatoms. The molecule has 2 saturated carbocycles. The van der Waals surface area contributed by atoms with Gasteiger partial charge in [-0.2, -0.15) is 5.01 Å². The minimum Gasteiger partial charge on any atom is -0.272 e. The van der Waals surface area contributed by atoms with Crippen molar-refractivity contribution in [3.8, 4) is 0 Å². The SMILES string of the molecule is O=C(NN1C(=O)[C@@H]2[C@H](C1=O)[C@H]1C=C[C@H]2C12CC2)c1ccc(Cl)cc1Cl. The van der Waals surface area contributed by atoms with E-state index in [1.54, 1.807) is 0 Å². The molecular weight excluding hydrogens is 363 g/mol. The molecule has 3 aliphatic carbocycles. The minimum absolute atomic E-state index is 0.125. The second kappa shape index (κ2) is 4.86. The summed E-state index contributed by atoms with van der Waals surface area (Å²) in [6, 6.07) is 4.45. The van der Waals surface area contributed by atoms with Crippen molar-refractivity contribution in [3.63, 3.8) is 0 Å². The molecule has 5 nitrogen and oxygen atoms in total. The van der Waals surface area contributed by atoms with Crippen LogP contribution >= 0.6 is 23.2 Å². The number of hydrogen-bond acceptors (Lipinski definition) is 3. The topological polar surface area (TPSA) is 66.5 Å². The Labute approximate surface area is 153 Å². The second-order valence-corrected chi connectivity index (χ2v) is 8.14. The van der Waals surface area contributed by atoms with E-state index in [1.165, 1.54) is 18.2 Å². The van der Waals surface area contributed by atoms with Gasteiger partial charge in [-0.25, -0.2) is 0 Å². The molecule has 1 aromatic carbocycles. The number of carbonyl (C=O) groups excluding carboxylic acids is 3. The maximum Gasteiger partial charge on any atom is 0.271 e. The lowest BCUT2D eigenvalue weighted by molar-refractivity contribution is -0.144. The van der Waals surface area contributed by atoms with Crippen LogP contribution < -0.4 is 5.43 Å². The first-order chi connectivity index (χ1) is 11.9. The van der Waals surface area contributed by atoms with Crippen LogP contribution in [0.25, 0.3) is 0 Å². The molecule has 128 valence electrons. The second-order valence-electron chi connectivity index (χ2n) is 7.30. The summed E-state index contributed by atoms with van der Waals surface area (Å²) in [5.41, 5.74) is 2.75. The van der Waals surface area contributed by atoms with Crippen LogP contribution in [0.3, 0.4) is 0 Å². The highest BCUT2D eigenvalue weighted by molar-refractivity contribution is 6.36. The number of halogens is 2. The maximum atomic E-state index is 12.8. The number of carbonyl (C=O) groups is 3. The number of benzene rings is 1. The number of hydrogen-bond donors (Lipinski definition) is 1. The summed E-state index contributed by atoms with van der Waals surface area (Å²) in [7, 11) is 0. The fourth-order valence-corrected chi connectivity index (χ4v) is 5.52. The summed E-state index contributed by atoms with van der Waals surface area (Å²) in [4.78, 5) is 38.1. The highest BCUT2D eigenvalue weighted by Gasteiger charge is 2.73. The van der Waals surface area contributed by atoms with E-state index in [0.717, 1.165) is 17.9 Å². The van der Waals surface area contributed by atoms with Crippen molar-refractivity contribution in [2.24, 2.45) is 29.1 Å². The fraction of sp³-hybridized carbons (Fsp3) is 0.389. The van der Waals surface area contributed by atoms with E-state index >= 15 is 0 Å². The number of amides is 3. The average Bonchev–Trinajstić information content (AvgIpc) is 3.17. The number of allylic oxidation sites excluding steroid dienone is 2. The molecule has 0 aromatic heterocycles. The van der Waals surface area contributed by atoms with E-state index in [1.807, 2.05) is 0 Å². The molecule has 3 fully saturated rings. The van der Waals surface area contributed by atoms with Gasteiger partial charge in [0.15, 0.2) is 0 Å². The third kappa shape index (κ3) is 1.88. The van der Waals surface area contributed by atoms with Gasteiger partial charge in [0.2, 0.25) is 0 Å². The molecule has 4 atom stereocenters. The number of rotatable bonds is 2. The van der Waals surface area contributed by atoms with Gasteiger partial charge in [-0.3, -0.25) is 19.8 Å². The highest BCUT2D eigenvalue weighted by atomic mass is 35.5. The molecule has 1 saturated heterocycles. The Bertz CT molecular complexity index is 843. The van der Waals surface area contributed by atoms with Crippen molar-refractivity contribution in [3.05, 3.63) is 46.0 Å². The molecule has 0 radical (unpaired) electrons. The van der Waals surface area contributed by atoms with Crippen molar-refractivity contribution in [2.75, 3.05) is 0 Å². The monoisotopic (exact) mass is 376 g/mol. The van der Waals surface area contributed by atoms with Crippen molar-refractivity contribution in [1.82, 2.24) is 10.4 Å². The predicted octanol–water partition coefficient (Wildman–Crippen LogP) is 2.84. The molecule has 1 heterocycles. The summed E-state index contributed by atoms with van der Waals surface area (Å²) in [5, 5.41) is 1.47. The molecule has 2 bridgehead atoms. The third-order valence-electron chi connectivity index (χ3n) is 6.24. The molecule has 3 amide bonds. The molecule has 25 heavy (non-hydrogen) atoms. The standard InChI is InChI=1S/C18H14Cl2N2O3/c19-8-1-2-9(12(20)7-8)15(23)21-22-16(24)13-10-3-4-11(14(13)17(22)25)18(10)5-6-18/h1-4,7,10-11,13-14H,5-6H2,(H,21,23)/t10-,11-,13-,14+/m1/s1. The van der Waals surface area contributed by atoms with Crippen molar-refractivity contribution in [1.29, 1.82) is 0 Å². The van der Waals surface area contributed by atoms with Crippen LogP contribution in [0.1, 0.15) is 23.2 Å². The van der Waals surface area contributed by atoms with Gasteiger partial charge in [-0.15, -0.1) is 0 Å². The summed E-state index contributed by atoms with van der Waals surface area (Å²) in [5.74, 6) is -1.64. The minimum atomic E-state index is -0.593. The zero-order valence-corrected chi connectivity index (χ0v) is 14.6. The van der Waals surface area contributed by atoms with E-state index in [9.17, 15) is 14.4 Å². The van der Waals surface area contributed by atoms with Gasteiger partial charge in [0.1, 0.15) is 0 Å². The van der Waals surface area contributed by atoms with E-state index in [4.69, 9.17) is 23.2 Å². The Balaban J connectivity index is 1.41. The molecule has 1 aliphatic heterocycles. The van der Waals surface area contributed by atoms with Gasteiger partial charge >= 0.3 is 0 Å². The molecule has 0 unspecified atom stereocenters. The number of nitrogens with zero attached hydrogens (tertiary/aromatic N) is 1. The van der Waals surface area contributed by atoms with Gasteiger partial charge < -0.3 is 0 Å². The Kier molecular flexibility index (Phi) is 3.00. The quantitative estimate of drug-likeness (QED) is 0.637. The van der Waals surface area contributed by atoms with Gasteiger partial charge in [0.05, 0.1) is 22.4 Å². The molecule has 5 rings (SSSR count). The van der Waals surface area contributed by atoms with Crippen molar-refractivity contribution < 1.29 is 14.4 Å². The van der Waals surface area contributed by atoms with Crippen molar-refractivity contribution >= 4 is 40.9 Å².